The first-order valence-electron chi connectivity index (χ1n) is 6.25. The zero-order valence-corrected chi connectivity index (χ0v) is 11.9. The van der Waals surface area contributed by atoms with E-state index < -0.39 is 17.7 Å². The van der Waals surface area contributed by atoms with Crippen LogP contribution in [-0.2, 0) is 0 Å². The molecule has 6 heteroatoms. The van der Waals surface area contributed by atoms with E-state index in [1.165, 1.54) is 12.1 Å². The lowest BCUT2D eigenvalue weighted by atomic mass is 9.96. The predicted octanol–water partition coefficient (Wildman–Crippen LogP) is 1.82. The molecular formula is C13H19F2N3S. The van der Waals surface area contributed by atoms with Gasteiger partial charge in [0.25, 0.3) is 0 Å². The fourth-order valence-electron chi connectivity index (χ4n) is 2.41. The van der Waals surface area contributed by atoms with Gasteiger partial charge >= 0.3 is 0 Å². The van der Waals surface area contributed by atoms with Crippen LogP contribution < -0.4 is 11.3 Å². The fraction of sp³-hybridized carbons (Fsp3) is 0.538. The highest BCUT2D eigenvalue weighted by Crippen LogP contribution is 2.30. The second-order valence-corrected chi connectivity index (χ2v) is 6.01. The van der Waals surface area contributed by atoms with Crippen molar-refractivity contribution >= 4 is 11.8 Å². The molecular weight excluding hydrogens is 268 g/mol. The quantitative estimate of drug-likeness (QED) is 0.657. The molecule has 1 aliphatic rings. The third kappa shape index (κ3) is 2.91. The molecule has 3 N–H and O–H groups in total. The maximum absolute atomic E-state index is 14.2. The number of halogens is 2. The summed E-state index contributed by atoms with van der Waals surface area (Å²) in [7, 11) is 1.96. The topological polar surface area (TPSA) is 41.3 Å². The van der Waals surface area contributed by atoms with Crippen molar-refractivity contribution in [3.05, 3.63) is 34.9 Å². The first-order chi connectivity index (χ1) is 9.06. The minimum absolute atomic E-state index is 0.0189. The van der Waals surface area contributed by atoms with Crippen molar-refractivity contribution in [1.29, 1.82) is 0 Å². The van der Waals surface area contributed by atoms with Crippen LogP contribution in [0.2, 0.25) is 0 Å². The van der Waals surface area contributed by atoms with Crippen molar-refractivity contribution in [2.24, 2.45) is 5.84 Å². The molecule has 1 heterocycles. The molecule has 0 spiro atoms. The molecule has 0 aromatic heterocycles. The number of hydrogen-bond acceptors (Lipinski definition) is 4. The molecule has 0 amide bonds. The van der Waals surface area contributed by atoms with E-state index in [-0.39, 0.29) is 11.6 Å². The molecule has 1 saturated heterocycles. The maximum Gasteiger partial charge on any atom is 0.133 e. The fourth-order valence-corrected chi connectivity index (χ4v) is 3.68. The third-order valence-electron chi connectivity index (χ3n) is 3.64. The average molecular weight is 287 g/mol. The van der Waals surface area contributed by atoms with E-state index in [1.54, 1.807) is 18.7 Å². The monoisotopic (exact) mass is 287 g/mol. The predicted molar refractivity (Wildman–Crippen MR) is 74.9 cm³/mol. The van der Waals surface area contributed by atoms with E-state index >= 15 is 0 Å². The summed E-state index contributed by atoms with van der Waals surface area (Å²) in [5.41, 5.74) is 3.07. The van der Waals surface area contributed by atoms with Gasteiger partial charge in [0, 0.05) is 29.7 Å². The molecule has 19 heavy (non-hydrogen) atoms. The minimum atomic E-state index is -0.546. The molecule has 106 valence electrons. The zero-order valence-electron chi connectivity index (χ0n) is 11.1. The lowest BCUT2D eigenvalue weighted by Gasteiger charge is -2.37. The van der Waals surface area contributed by atoms with Gasteiger partial charge < -0.3 is 0 Å². The van der Waals surface area contributed by atoms with Crippen LogP contribution in [-0.4, -0.2) is 36.0 Å². The van der Waals surface area contributed by atoms with E-state index in [2.05, 4.69) is 10.3 Å². The summed E-state index contributed by atoms with van der Waals surface area (Å²) in [5.74, 6) is 6.35. The van der Waals surface area contributed by atoms with Crippen molar-refractivity contribution in [3.8, 4) is 0 Å². The molecule has 3 nitrogen and oxygen atoms in total. The summed E-state index contributed by atoms with van der Waals surface area (Å²) in [4.78, 5) is 2.10. The molecule has 0 saturated carbocycles. The number of likely N-dealkylation sites (N-methyl/N-ethyl adjacent to an activating group) is 1. The second kappa shape index (κ2) is 6.17. The van der Waals surface area contributed by atoms with Crippen LogP contribution in [0.25, 0.3) is 0 Å². The number of aryl methyl sites for hydroxylation is 1. The van der Waals surface area contributed by atoms with E-state index in [0.29, 0.717) is 5.56 Å². The molecule has 2 atom stereocenters. The Labute approximate surface area is 116 Å². The van der Waals surface area contributed by atoms with Gasteiger partial charge in [-0.15, -0.1) is 0 Å². The van der Waals surface area contributed by atoms with Gasteiger partial charge in [-0.3, -0.25) is 16.2 Å². The summed E-state index contributed by atoms with van der Waals surface area (Å²) in [6, 6.07) is 2.18. The van der Waals surface area contributed by atoms with Crippen LogP contribution in [0.3, 0.4) is 0 Å². The minimum Gasteiger partial charge on any atom is -0.300 e. The number of benzene rings is 1. The Balaban J connectivity index is 2.39. The van der Waals surface area contributed by atoms with Gasteiger partial charge in [0.2, 0.25) is 0 Å². The summed E-state index contributed by atoms with van der Waals surface area (Å²) in [5, 5.41) is 0. The largest absolute Gasteiger partial charge is 0.300 e. The van der Waals surface area contributed by atoms with Crippen LogP contribution in [0.1, 0.15) is 17.2 Å². The van der Waals surface area contributed by atoms with Crippen molar-refractivity contribution < 1.29 is 8.78 Å². The molecule has 2 unspecified atom stereocenters. The summed E-state index contributed by atoms with van der Waals surface area (Å²) >= 11 is 1.78. The Morgan fingerprint density at radius 2 is 2.21 bits per heavy atom. The van der Waals surface area contributed by atoms with Crippen LogP contribution >= 0.6 is 11.8 Å². The lowest BCUT2D eigenvalue weighted by Crippen LogP contribution is -2.50. The van der Waals surface area contributed by atoms with E-state index in [4.69, 9.17) is 5.84 Å². The number of nitrogens with zero attached hydrogens (tertiary/aromatic N) is 1. The van der Waals surface area contributed by atoms with Crippen molar-refractivity contribution in [2.75, 3.05) is 25.1 Å². The van der Waals surface area contributed by atoms with E-state index in [9.17, 15) is 8.78 Å². The molecule has 1 aliphatic heterocycles. The van der Waals surface area contributed by atoms with Crippen molar-refractivity contribution in [1.82, 2.24) is 10.3 Å². The third-order valence-corrected chi connectivity index (χ3v) is 4.69. The Morgan fingerprint density at radius 1 is 1.47 bits per heavy atom. The molecule has 1 fully saturated rings. The summed E-state index contributed by atoms with van der Waals surface area (Å²) in [6.45, 7) is 2.52. The Bertz CT molecular complexity index is 456. The number of thioether (sulfide) groups is 1. The number of hydrogen-bond donors (Lipinski definition) is 2. The van der Waals surface area contributed by atoms with E-state index in [0.717, 1.165) is 18.1 Å². The first kappa shape index (κ1) is 14.7. The molecule has 0 aliphatic carbocycles. The van der Waals surface area contributed by atoms with Crippen LogP contribution in [0.4, 0.5) is 8.78 Å². The Hall–Kier alpha value is -0.690. The first-order valence-corrected chi connectivity index (χ1v) is 7.40. The highest BCUT2D eigenvalue weighted by Gasteiger charge is 2.32. The van der Waals surface area contributed by atoms with E-state index in [1.807, 2.05) is 7.05 Å². The smallest absolute Gasteiger partial charge is 0.133 e. The van der Waals surface area contributed by atoms with Crippen molar-refractivity contribution in [3.63, 3.8) is 0 Å². The van der Waals surface area contributed by atoms with Gasteiger partial charge in [-0.25, -0.2) is 8.78 Å². The number of hydrazine groups is 1. The zero-order chi connectivity index (χ0) is 14.0. The maximum atomic E-state index is 14.2. The number of rotatable bonds is 3. The van der Waals surface area contributed by atoms with Gasteiger partial charge in [-0.05, 0) is 25.6 Å². The molecule has 1 aromatic carbocycles. The van der Waals surface area contributed by atoms with Gasteiger partial charge in [-0.1, -0.05) is 6.07 Å². The molecule has 0 bridgehead atoms. The second-order valence-electron chi connectivity index (χ2n) is 4.86. The van der Waals surface area contributed by atoms with Crippen molar-refractivity contribution in [2.45, 2.75) is 19.0 Å². The Kier molecular flexibility index (Phi) is 4.78. The average Bonchev–Trinajstić information content (AvgIpc) is 2.40. The standard InChI is InChI=1S/C13H19F2N3S/c1-8-3-4-9(14)11(12(8)15)13(17-16)10-7-19-6-5-18(10)2/h3-4,10,13,17H,5-7,16H2,1-2H3. The lowest BCUT2D eigenvalue weighted by molar-refractivity contribution is 0.210. The Morgan fingerprint density at radius 3 is 2.84 bits per heavy atom. The van der Waals surface area contributed by atoms with Gasteiger partial charge in [-0.2, -0.15) is 11.8 Å². The highest BCUT2D eigenvalue weighted by molar-refractivity contribution is 7.99. The summed E-state index contributed by atoms with van der Waals surface area (Å²) in [6.07, 6.45) is 0. The van der Waals surface area contributed by atoms with Crippen LogP contribution in [0, 0.1) is 18.6 Å². The van der Waals surface area contributed by atoms with Crippen LogP contribution in [0.15, 0.2) is 12.1 Å². The van der Waals surface area contributed by atoms with Gasteiger partial charge in [0.05, 0.1) is 6.04 Å². The number of nitrogens with one attached hydrogen (secondary N) is 1. The van der Waals surface area contributed by atoms with Gasteiger partial charge in [0.1, 0.15) is 11.6 Å². The van der Waals surface area contributed by atoms with Crippen LogP contribution in [0.5, 0.6) is 0 Å². The molecule has 2 rings (SSSR count). The molecule has 1 aromatic rings. The molecule has 0 radical (unpaired) electrons. The van der Waals surface area contributed by atoms with Gasteiger partial charge in [0.15, 0.2) is 0 Å². The SMILES string of the molecule is Cc1ccc(F)c(C(NN)C2CSCCN2C)c1F. The number of nitrogens with two attached hydrogens (primary N) is 1. The normalized spacial score (nSPS) is 22.5. The highest BCUT2D eigenvalue weighted by atomic mass is 32.2. The summed E-state index contributed by atoms with van der Waals surface area (Å²) < 4.78 is 28.2.